The van der Waals surface area contributed by atoms with Gasteiger partial charge in [-0.15, -0.1) is 0 Å². The number of nitrogens with zero attached hydrogens (tertiary/aromatic N) is 2. The Balaban J connectivity index is 1.68. The number of benzene rings is 1. The van der Waals surface area contributed by atoms with Gasteiger partial charge in [-0.25, -0.2) is 0 Å². The molecule has 2 N–H and O–H groups in total. The average Bonchev–Trinajstić information content (AvgIpc) is 3.25. The van der Waals surface area contributed by atoms with Gasteiger partial charge in [0.1, 0.15) is 0 Å². The molecule has 1 aromatic carbocycles. The van der Waals surface area contributed by atoms with Gasteiger partial charge in [-0.1, -0.05) is 0 Å². The van der Waals surface area contributed by atoms with Gasteiger partial charge in [-0.05, 0) is 64.8 Å². The molecule has 0 aliphatic heterocycles. The van der Waals surface area contributed by atoms with Crippen LogP contribution in [-0.2, 0) is 5.54 Å². The van der Waals surface area contributed by atoms with Crippen LogP contribution in [0.25, 0.3) is 0 Å². The van der Waals surface area contributed by atoms with E-state index in [2.05, 4.69) is 15.7 Å². The lowest BCUT2D eigenvalue weighted by Crippen LogP contribution is -2.25. The molecule has 0 bridgehead atoms. The van der Waals surface area contributed by atoms with E-state index >= 15 is 0 Å². The van der Waals surface area contributed by atoms with E-state index in [-0.39, 0.29) is 17.4 Å². The van der Waals surface area contributed by atoms with Crippen molar-refractivity contribution in [3.8, 4) is 0 Å². The molecule has 1 aromatic heterocycles. The highest BCUT2D eigenvalue weighted by molar-refractivity contribution is 6.05. The molecule has 2 aromatic rings. The molecular weight excluding hydrogens is 316 g/mol. The Morgan fingerprint density at radius 2 is 1.76 bits per heavy atom. The molecule has 1 fully saturated rings. The maximum atomic E-state index is 12.5. The molecule has 1 aliphatic carbocycles. The van der Waals surface area contributed by atoms with E-state index in [0.29, 0.717) is 22.9 Å². The summed E-state index contributed by atoms with van der Waals surface area (Å²) in [4.78, 5) is 24.5. The number of carbonyl (C=O) groups excluding carboxylic acids is 2. The third-order valence-electron chi connectivity index (χ3n) is 4.21. The number of rotatable bonds is 4. The first-order chi connectivity index (χ1) is 11.8. The summed E-state index contributed by atoms with van der Waals surface area (Å²) >= 11 is 0. The van der Waals surface area contributed by atoms with Gasteiger partial charge in [-0.3, -0.25) is 14.3 Å². The minimum absolute atomic E-state index is 0.0670. The van der Waals surface area contributed by atoms with Crippen LogP contribution in [0.1, 0.15) is 60.0 Å². The number of carbonyl (C=O) groups is 2. The van der Waals surface area contributed by atoms with E-state index in [1.54, 1.807) is 30.5 Å². The van der Waals surface area contributed by atoms with Gasteiger partial charge in [0.2, 0.25) is 0 Å². The zero-order valence-electron chi connectivity index (χ0n) is 15.1. The molecule has 132 valence electrons. The number of amides is 2. The summed E-state index contributed by atoms with van der Waals surface area (Å²) in [5.74, 6) is -0.272. The van der Waals surface area contributed by atoms with Crippen molar-refractivity contribution in [2.75, 3.05) is 5.32 Å². The highest BCUT2D eigenvalue weighted by atomic mass is 16.2. The fraction of sp³-hybridized carbons (Fsp3) is 0.421. The second-order valence-electron chi connectivity index (χ2n) is 7.51. The van der Waals surface area contributed by atoms with Gasteiger partial charge in [0.15, 0.2) is 0 Å². The molecule has 0 unspecified atom stereocenters. The van der Waals surface area contributed by atoms with Crippen LogP contribution in [0.4, 0.5) is 5.69 Å². The van der Waals surface area contributed by atoms with E-state index in [9.17, 15) is 9.59 Å². The van der Waals surface area contributed by atoms with Gasteiger partial charge < -0.3 is 10.6 Å². The highest BCUT2D eigenvalue weighted by Gasteiger charge is 2.24. The summed E-state index contributed by atoms with van der Waals surface area (Å²) in [7, 11) is 0. The third kappa shape index (κ3) is 3.90. The zero-order chi connectivity index (χ0) is 18.2. The lowest BCUT2D eigenvalue weighted by atomic mass is 10.1. The predicted octanol–water partition coefficient (Wildman–Crippen LogP) is 3.09. The standard InChI is InChI=1S/C19H24N4O2/c1-12-16(11-20-23(12)19(2,3)4)18(25)22-14-7-5-13(6-8-14)17(24)21-15-9-10-15/h5-8,11,15H,9-10H2,1-4H3,(H,21,24)(H,22,25). The number of anilines is 1. The summed E-state index contributed by atoms with van der Waals surface area (Å²) in [5.41, 5.74) is 2.44. The van der Waals surface area contributed by atoms with Gasteiger partial charge in [0.25, 0.3) is 11.8 Å². The first kappa shape index (κ1) is 17.2. The summed E-state index contributed by atoms with van der Waals surface area (Å²) in [6.07, 6.45) is 3.70. The van der Waals surface area contributed by atoms with Crippen LogP contribution < -0.4 is 10.6 Å². The van der Waals surface area contributed by atoms with Crippen LogP contribution in [0.2, 0.25) is 0 Å². The molecule has 1 heterocycles. The number of hydrogen-bond donors (Lipinski definition) is 2. The molecule has 0 spiro atoms. The van der Waals surface area contributed by atoms with Crippen molar-refractivity contribution < 1.29 is 9.59 Å². The third-order valence-corrected chi connectivity index (χ3v) is 4.21. The highest BCUT2D eigenvalue weighted by Crippen LogP contribution is 2.21. The van der Waals surface area contributed by atoms with Crippen molar-refractivity contribution >= 4 is 17.5 Å². The monoisotopic (exact) mass is 340 g/mol. The fourth-order valence-electron chi connectivity index (χ4n) is 2.71. The lowest BCUT2D eigenvalue weighted by Gasteiger charge is -2.21. The Hall–Kier alpha value is -2.63. The molecular formula is C19H24N4O2. The van der Waals surface area contributed by atoms with E-state index in [1.807, 2.05) is 32.4 Å². The largest absolute Gasteiger partial charge is 0.349 e. The van der Waals surface area contributed by atoms with Crippen molar-refractivity contribution in [2.24, 2.45) is 0 Å². The van der Waals surface area contributed by atoms with Crippen molar-refractivity contribution in [2.45, 2.75) is 52.1 Å². The molecule has 6 heteroatoms. The molecule has 1 aliphatic rings. The maximum absolute atomic E-state index is 12.5. The van der Waals surface area contributed by atoms with Crippen LogP contribution in [0.15, 0.2) is 30.5 Å². The van der Waals surface area contributed by atoms with E-state index in [0.717, 1.165) is 18.5 Å². The Morgan fingerprint density at radius 1 is 1.12 bits per heavy atom. The Labute approximate surface area is 147 Å². The molecule has 1 saturated carbocycles. The van der Waals surface area contributed by atoms with Gasteiger partial charge in [0, 0.05) is 23.0 Å². The quantitative estimate of drug-likeness (QED) is 0.898. The molecule has 0 radical (unpaired) electrons. The number of hydrogen-bond acceptors (Lipinski definition) is 3. The van der Waals surface area contributed by atoms with Crippen LogP contribution in [0.5, 0.6) is 0 Å². The summed E-state index contributed by atoms with van der Waals surface area (Å²) in [6.45, 7) is 8.01. The second kappa shape index (κ2) is 6.35. The minimum atomic E-state index is -0.205. The Bertz CT molecular complexity index is 796. The second-order valence-corrected chi connectivity index (χ2v) is 7.51. The van der Waals surface area contributed by atoms with Crippen molar-refractivity contribution in [3.63, 3.8) is 0 Å². The topological polar surface area (TPSA) is 76.0 Å². The molecule has 0 saturated heterocycles. The van der Waals surface area contributed by atoms with Gasteiger partial charge in [-0.2, -0.15) is 5.10 Å². The molecule has 3 rings (SSSR count). The lowest BCUT2D eigenvalue weighted by molar-refractivity contribution is 0.0950. The predicted molar refractivity (Wildman–Crippen MR) is 96.8 cm³/mol. The fourth-order valence-corrected chi connectivity index (χ4v) is 2.71. The van der Waals surface area contributed by atoms with Gasteiger partial charge >= 0.3 is 0 Å². The summed E-state index contributed by atoms with van der Waals surface area (Å²) in [6, 6.07) is 7.25. The van der Waals surface area contributed by atoms with Crippen LogP contribution >= 0.6 is 0 Å². The normalized spacial score (nSPS) is 14.2. The molecule has 0 atom stereocenters. The number of aromatic nitrogens is 2. The van der Waals surface area contributed by atoms with Crippen molar-refractivity contribution in [3.05, 3.63) is 47.3 Å². The zero-order valence-corrected chi connectivity index (χ0v) is 15.1. The van der Waals surface area contributed by atoms with E-state index in [1.165, 1.54) is 0 Å². The van der Waals surface area contributed by atoms with Crippen molar-refractivity contribution in [1.82, 2.24) is 15.1 Å². The Morgan fingerprint density at radius 3 is 2.28 bits per heavy atom. The minimum Gasteiger partial charge on any atom is -0.349 e. The maximum Gasteiger partial charge on any atom is 0.259 e. The SMILES string of the molecule is Cc1c(C(=O)Nc2ccc(C(=O)NC3CC3)cc2)cnn1C(C)(C)C. The molecule has 25 heavy (non-hydrogen) atoms. The Kier molecular flexibility index (Phi) is 4.37. The van der Waals surface area contributed by atoms with Crippen molar-refractivity contribution in [1.29, 1.82) is 0 Å². The smallest absolute Gasteiger partial charge is 0.259 e. The van der Waals surface area contributed by atoms with E-state index in [4.69, 9.17) is 0 Å². The first-order valence-corrected chi connectivity index (χ1v) is 8.53. The summed E-state index contributed by atoms with van der Waals surface area (Å²) in [5, 5.41) is 10.1. The summed E-state index contributed by atoms with van der Waals surface area (Å²) < 4.78 is 1.84. The van der Waals surface area contributed by atoms with Crippen LogP contribution in [0, 0.1) is 6.92 Å². The van der Waals surface area contributed by atoms with E-state index < -0.39 is 0 Å². The number of nitrogens with one attached hydrogen (secondary N) is 2. The average molecular weight is 340 g/mol. The molecule has 2 amide bonds. The first-order valence-electron chi connectivity index (χ1n) is 8.53. The van der Waals surface area contributed by atoms with Crippen LogP contribution in [0.3, 0.4) is 0 Å². The van der Waals surface area contributed by atoms with Gasteiger partial charge in [0.05, 0.1) is 17.3 Å². The van der Waals surface area contributed by atoms with Crippen LogP contribution in [-0.4, -0.2) is 27.6 Å². The molecule has 6 nitrogen and oxygen atoms in total.